The predicted molar refractivity (Wildman–Crippen MR) is 104 cm³/mol. The topological polar surface area (TPSA) is 94.1 Å². The molecule has 0 atom stereocenters. The first-order chi connectivity index (χ1) is 13.5. The summed E-state index contributed by atoms with van der Waals surface area (Å²) in [6, 6.07) is 5.90. The molecule has 1 aliphatic rings. The van der Waals surface area contributed by atoms with E-state index < -0.39 is 5.82 Å². The van der Waals surface area contributed by atoms with Gasteiger partial charge in [0.05, 0.1) is 16.6 Å². The van der Waals surface area contributed by atoms with Gasteiger partial charge in [0.1, 0.15) is 11.6 Å². The van der Waals surface area contributed by atoms with Gasteiger partial charge in [-0.1, -0.05) is 0 Å². The van der Waals surface area contributed by atoms with Crippen LogP contribution in [0.2, 0.25) is 0 Å². The van der Waals surface area contributed by atoms with Crippen molar-refractivity contribution in [2.24, 2.45) is 0 Å². The van der Waals surface area contributed by atoms with E-state index in [1.807, 2.05) is 18.9 Å². The summed E-state index contributed by atoms with van der Waals surface area (Å²) in [5, 5.41) is 20.4. The van der Waals surface area contributed by atoms with E-state index in [4.69, 9.17) is 0 Å². The number of aryl methyl sites for hydroxylation is 1. The molecule has 0 spiro atoms. The van der Waals surface area contributed by atoms with Gasteiger partial charge in [-0.15, -0.1) is 0 Å². The second-order valence-electron chi connectivity index (χ2n) is 7.12. The summed E-state index contributed by atoms with van der Waals surface area (Å²) < 4.78 is 14.4. The number of carbonyl (C=O) groups is 1. The van der Waals surface area contributed by atoms with Gasteiger partial charge in [-0.25, -0.2) is 9.37 Å². The molecule has 0 radical (unpaired) electrons. The first-order valence-corrected chi connectivity index (χ1v) is 9.29. The molecule has 0 aliphatic carbocycles. The number of pyridine rings is 1. The highest BCUT2D eigenvalue weighted by Crippen LogP contribution is 2.30. The number of phenolic OH excluding ortho intramolecular Hbond substituents is 1. The number of nitrogens with zero attached hydrogens (tertiary/aromatic N) is 3. The average Bonchev–Trinajstić information content (AvgIpc) is 3.08. The quantitative estimate of drug-likeness (QED) is 0.646. The number of halogens is 1. The van der Waals surface area contributed by atoms with Crippen LogP contribution in [-0.4, -0.2) is 57.3 Å². The lowest BCUT2D eigenvalue weighted by Crippen LogP contribution is -2.44. The van der Waals surface area contributed by atoms with E-state index in [0.717, 1.165) is 24.6 Å². The number of aromatic hydroxyl groups is 1. The van der Waals surface area contributed by atoms with Crippen molar-refractivity contribution < 1.29 is 14.3 Å². The summed E-state index contributed by atoms with van der Waals surface area (Å²) in [6.45, 7) is 3.16. The Morgan fingerprint density at radius 2 is 2.07 bits per heavy atom. The Bertz CT molecular complexity index is 1040. The molecule has 1 aromatic carbocycles. The fourth-order valence-corrected chi connectivity index (χ4v) is 3.73. The molecular weight excluding hydrogens is 361 g/mol. The van der Waals surface area contributed by atoms with Crippen LogP contribution in [0.5, 0.6) is 5.75 Å². The van der Waals surface area contributed by atoms with Crippen LogP contribution in [-0.2, 0) is 0 Å². The third-order valence-electron chi connectivity index (χ3n) is 5.35. The Hall–Kier alpha value is -3.00. The number of aromatic nitrogens is 3. The van der Waals surface area contributed by atoms with Crippen molar-refractivity contribution in [2.45, 2.75) is 25.8 Å². The summed E-state index contributed by atoms with van der Waals surface area (Å²) in [6.07, 6.45) is 1.78. The fraction of sp³-hybridized carbons (Fsp3) is 0.350. The number of hydrogen-bond acceptors (Lipinski definition) is 5. The number of hydrogen-bond donors (Lipinski definition) is 3. The molecule has 1 saturated heterocycles. The number of benzene rings is 1. The second kappa shape index (κ2) is 7.20. The Kier molecular flexibility index (Phi) is 4.72. The van der Waals surface area contributed by atoms with Gasteiger partial charge in [-0.3, -0.25) is 9.89 Å². The Balaban J connectivity index is 1.78. The number of fused-ring (bicyclic) bond motifs is 1. The van der Waals surface area contributed by atoms with Crippen molar-refractivity contribution in [1.29, 1.82) is 0 Å². The van der Waals surface area contributed by atoms with Crippen LogP contribution in [0.25, 0.3) is 22.3 Å². The number of piperidine rings is 1. The number of amides is 1. The summed E-state index contributed by atoms with van der Waals surface area (Å²) in [5.74, 6) is -0.874. The molecule has 3 aromatic rings. The highest BCUT2D eigenvalue weighted by Gasteiger charge is 2.26. The Morgan fingerprint density at radius 1 is 1.32 bits per heavy atom. The van der Waals surface area contributed by atoms with Crippen LogP contribution in [0.1, 0.15) is 28.9 Å². The first-order valence-electron chi connectivity index (χ1n) is 9.29. The molecule has 0 saturated carbocycles. The van der Waals surface area contributed by atoms with Gasteiger partial charge in [0.25, 0.3) is 5.91 Å². The zero-order valence-electron chi connectivity index (χ0n) is 15.8. The average molecular weight is 383 g/mol. The molecule has 1 amide bonds. The van der Waals surface area contributed by atoms with E-state index in [0.29, 0.717) is 41.4 Å². The maximum absolute atomic E-state index is 14.4. The summed E-state index contributed by atoms with van der Waals surface area (Å²) in [4.78, 5) is 19.5. The highest BCUT2D eigenvalue weighted by molar-refractivity contribution is 6.07. The molecule has 0 bridgehead atoms. The van der Waals surface area contributed by atoms with Crippen LogP contribution in [0.15, 0.2) is 24.3 Å². The SMILES string of the molecule is CNC1CCN(C(=O)c2cc(-c3ccc(O)cc3F)nc3n[nH]c(C)c23)CC1. The van der Waals surface area contributed by atoms with Gasteiger partial charge in [-0.2, -0.15) is 5.10 Å². The molecule has 3 N–H and O–H groups in total. The van der Waals surface area contributed by atoms with E-state index in [1.165, 1.54) is 12.1 Å². The van der Waals surface area contributed by atoms with Crippen molar-refractivity contribution in [2.75, 3.05) is 20.1 Å². The minimum atomic E-state index is -0.604. The summed E-state index contributed by atoms with van der Waals surface area (Å²) in [7, 11) is 1.93. The van der Waals surface area contributed by atoms with Gasteiger partial charge in [0, 0.05) is 36.5 Å². The van der Waals surface area contributed by atoms with E-state index in [2.05, 4.69) is 20.5 Å². The maximum atomic E-state index is 14.4. The van der Waals surface area contributed by atoms with Crippen LogP contribution >= 0.6 is 0 Å². The molecule has 28 heavy (non-hydrogen) atoms. The molecule has 8 heteroatoms. The smallest absolute Gasteiger partial charge is 0.254 e. The molecule has 146 valence electrons. The zero-order valence-corrected chi connectivity index (χ0v) is 15.8. The number of nitrogens with one attached hydrogen (secondary N) is 2. The van der Waals surface area contributed by atoms with E-state index >= 15 is 0 Å². The number of H-pyrrole nitrogens is 1. The van der Waals surface area contributed by atoms with Gasteiger partial charge in [0.2, 0.25) is 0 Å². The number of carbonyl (C=O) groups excluding carboxylic acids is 1. The molecular formula is C20H22FN5O2. The van der Waals surface area contributed by atoms with Crippen molar-refractivity contribution in [3.63, 3.8) is 0 Å². The fourth-order valence-electron chi connectivity index (χ4n) is 3.73. The normalized spacial score (nSPS) is 15.3. The van der Waals surface area contributed by atoms with Crippen molar-refractivity contribution in [3.05, 3.63) is 41.3 Å². The van der Waals surface area contributed by atoms with E-state index in [9.17, 15) is 14.3 Å². The molecule has 7 nitrogen and oxygen atoms in total. The van der Waals surface area contributed by atoms with Crippen LogP contribution in [0.3, 0.4) is 0 Å². The number of likely N-dealkylation sites (tertiary alicyclic amines) is 1. The molecule has 4 rings (SSSR count). The number of aromatic amines is 1. The third kappa shape index (κ3) is 3.20. The maximum Gasteiger partial charge on any atom is 0.254 e. The molecule has 3 heterocycles. The largest absolute Gasteiger partial charge is 0.508 e. The predicted octanol–water partition coefficient (Wildman–Crippen LogP) is 2.60. The first kappa shape index (κ1) is 18.4. The Morgan fingerprint density at radius 3 is 2.75 bits per heavy atom. The molecule has 2 aromatic heterocycles. The number of rotatable bonds is 3. The molecule has 1 aliphatic heterocycles. The monoisotopic (exact) mass is 383 g/mol. The van der Waals surface area contributed by atoms with Crippen LogP contribution in [0.4, 0.5) is 4.39 Å². The van der Waals surface area contributed by atoms with Gasteiger partial charge < -0.3 is 15.3 Å². The highest BCUT2D eigenvalue weighted by atomic mass is 19.1. The lowest BCUT2D eigenvalue weighted by Gasteiger charge is -2.32. The summed E-state index contributed by atoms with van der Waals surface area (Å²) in [5.41, 5.74) is 2.10. The molecule has 0 unspecified atom stereocenters. The standard InChI is InChI=1S/C20H22FN5O2/c1-11-18-15(20(28)26-7-5-12(22-2)6-8-26)10-17(23-19(18)25-24-11)14-4-3-13(27)9-16(14)21/h3-4,9-10,12,22,27H,5-8H2,1-2H3,(H,23,24,25). The Labute approximate surface area is 161 Å². The van der Waals surface area contributed by atoms with Crippen molar-refractivity contribution in [3.8, 4) is 17.0 Å². The lowest BCUT2D eigenvalue weighted by molar-refractivity contribution is 0.0709. The minimum Gasteiger partial charge on any atom is -0.508 e. The number of phenols is 1. The summed E-state index contributed by atoms with van der Waals surface area (Å²) >= 11 is 0. The van der Waals surface area contributed by atoms with Crippen molar-refractivity contribution in [1.82, 2.24) is 25.4 Å². The van der Waals surface area contributed by atoms with E-state index in [-0.39, 0.29) is 17.2 Å². The van der Waals surface area contributed by atoms with Crippen LogP contribution < -0.4 is 5.32 Å². The van der Waals surface area contributed by atoms with Gasteiger partial charge >= 0.3 is 0 Å². The van der Waals surface area contributed by atoms with Gasteiger partial charge in [0.15, 0.2) is 5.65 Å². The van der Waals surface area contributed by atoms with Crippen molar-refractivity contribution >= 4 is 16.9 Å². The van der Waals surface area contributed by atoms with E-state index in [1.54, 1.807) is 6.07 Å². The lowest BCUT2D eigenvalue weighted by atomic mass is 10.0. The molecule has 1 fully saturated rings. The second-order valence-corrected chi connectivity index (χ2v) is 7.12. The van der Waals surface area contributed by atoms with Crippen LogP contribution in [0, 0.1) is 12.7 Å². The third-order valence-corrected chi connectivity index (χ3v) is 5.35. The zero-order chi connectivity index (χ0) is 19.8. The van der Waals surface area contributed by atoms with Gasteiger partial charge in [-0.05, 0) is 45.0 Å². The minimum absolute atomic E-state index is 0.105.